The van der Waals surface area contributed by atoms with Crippen molar-refractivity contribution in [2.24, 2.45) is 11.3 Å². The maximum absolute atomic E-state index is 9.10. The first-order valence-electron chi connectivity index (χ1n) is 5.90. The van der Waals surface area contributed by atoms with Gasteiger partial charge in [-0.05, 0) is 0 Å². The van der Waals surface area contributed by atoms with Crippen LogP contribution in [0.1, 0.15) is 38.5 Å². The van der Waals surface area contributed by atoms with Gasteiger partial charge in [-0.15, -0.1) is 6.04 Å². The summed E-state index contributed by atoms with van der Waals surface area (Å²) in [5.41, 5.74) is 8.33. The van der Waals surface area contributed by atoms with Gasteiger partial charge in [0.2, 0.25) is 0 Å². The smallest absolute Gasteiger partial charge is 0.674 e. The zero-order valence-electron chi connectivity index (χ0n) is 10.1. The first-order chi connectivity index (χ1) is 7.90. The van der Waals surface area contributed by atoms with Gasteiger partial charge in [-0.1, -0.05) is 43.9 Å². The molecular formula is C12H19NO4Pt. The number of rotatable bonds is 0. The molecule has 0 bridgehead atoms. The van der Waals surface area contributed by atoms with Crippen LogP contribution in [0.2, 0.25) is 0 Å². The van der Waals surface area contributed by atoms with E-state index in [1.165, 1.54) is 32.1 Å². The maximum atomic E-state index is 9.10. The first kappa shape index (κ1) is 17.6. The van der Waals surface area contributed by atoms with Crippen molar-refractivity contribution in [2.45, 2.75) is 44.6 Å². The van der Waals surface area contributed by atoms with Crippen molar-refractivity contribution in [3.8, 4) is 0 Å². The molecule has 2 aliphatic rings. The second kappa shape index (κ2) is 7.24. The van der Waals surface area contributed by atoms with Crippen molar-refractivity contribution in [3.63, 3.8) is 0 Å². The monoisotopic (exact) mass is 436 g/mol. The topological polar surface area (TPSA) is 98.4 Å². The number of carboxylic acid groups (broad SMARTS) is 2. The van der Waals surface area contributed by atoms with Gasteiger partial charge < -0.3 is 22.9 Å². The summed E-state index contributed by atoms with van der Waals surface area (Å²) in [5.74, 6) is -3.06. The molecule has 6 heteroatoms. The maximum Gasteiger partial charge on any atom is 2.00 e. The third kappa shape index (κ3) is 3.79. The van der Waals surface area contributed by atoms with E-state index in [0.717, 1.165) is 6.42 Å². The summed E-state index contributed by atoms with van der Waals surface area (Å²) in [5, 5.41) is 14.8. The van der Waals surface area contributed by atoms with Crippen LogP contribution in [0.5, 0.6) is 0 Å². The summed E-state index contributed by atoms with van der Waals surface area (Å²) in [7, 11) is 0. The van der Waals surface area contributed by atoms with Crippen LogP contribution in [-0.2, 0) is 30.7 Å². The fraction of sp³-hybridized carbons (Fsp3) is 0.750. The molecule has 18 heavy (non-hydrogen) atoms. The number of aliphatic carboxylic acids is 2. The van der Waals surface area contributed by atoms with E-state index in [1.807, 2.05) is 0 Å². The number of hydrogen-bond donors (Lipinski definition) is 2. The van der Waals surface area contributed by atoms with Gasteiger partial charge in [0.25, 0.3) is 0 Å². The molecule has 2 aliphatic carbocycles. The molecular weight excluding hydrogens is 417 g/mol. The third-order valence-corrected chi connectivity index (χ3v) is 4.02. The second-order valence-corrected chi connectivity index (χ2v) is 4.88. The minimum Gasteiger partial charge on any atom is -0.674 e. The van der Waals surface area contributed by atoms with Gasteiger partial charge in [-0.2, -0.15) is 5.92 Å². The molecule has 0 aliphatic heterocycles. The minimum atomic E-state index is -1.82. The van der Waals surface area contributed by atoms with E-state index in [9.17, 15) is 0 Å². The van der Waals surface area contributed by atoms with Crippen molar-refractivity contribution in [1.29, 1.82) is 0 Å². The summed E-state index contributed by atoms with van der Waals surface area (Å²) in [6, 6.07) is 0.215. The van der Waals surface area contributed by atoms with Crippen molar-refractivity contribution in [2.75, 3.05) is 0 Å². The molecule has 0 aromatic carbocycles. The molecule has 0 amide bonds. The Bertz CT molecular complexity index is 278. The Labute approximate surface area is 121 Å². The van der Waals surface area contributed by atoms with Crippen LogP contribution in [0.15, 0.2) is 0 Å². The molecule has 2 rings (SSSR count). The standard InChI is InChI=1S/C10H17N.C2H2O4.Pt/c1-8-4-2-6-10(8)7-3-5-9(10)11;3-1(4)2(5)6;/h8-9,11H,1-7H2;(H,3,4)(H,5,6);/q-2;;+2/t8-,9-,10?;;/m0../s1. The van der Waals surface area contributed by atoms with Crippen LogP contribution in [0, 0.1) is 18.3 Å². The molecule has 0 radical (unpaired) electrons. The predicted molar refractivity (Wildman–Crippen MR) is 62.4 cm³/mol. The van der Waals surface area contributed by atoms with Gasteiger partial charge in [0, 0.05) is 0 Å². The molecule has 2 fully saturated rings. The fourth-order valence-corrected chi connectivity index (χ4v) is 3.05. The third-order valence-electron chi connectivity index (χ3n) is 4.02. The molecule has 3 N–H and O–H groups in total. The second-order valence-electron chi connectivity index (χ2n) is 4.88. The van der Waals surface area contributed by atoms with Crippen LogP contribution in [0.25, 0.3) is 5.73 Å². The van der Waals surface area contributed by atoms with E-state index in [1.54, 1.807) is 0 Å². The van der Waals surface area contributed by atoms with Gasteiger partial charge in [0.05, 0.1) is 0 Å². The van der Waals surface area contributed by atoms with E-state index in [4.69, 9.17) is 25.5 Å². The zero-order chi connectivity index (χ0) is 13.1. The van der Waals surface area contributed by atoms with E-state index >= 15 is 0 Å². The average Bonchev–Trinajstić information content (AvgIpc) is 2.78. The Balaban J connectivity index is 0.000000362. The van der Waals surface area contributed by atoms with Crippen molar-refractivity contribution in [1.82, 2.24) is 0 Å². The van der Waals surface area contributed by atoms with Gasteiger partial charge in [-0.25, -0.2) is 9.59 Å². The van der Waals surface area contributed by atoms with Crippen molar-refractivity contribution >= 4 is 11.9 Å². The average molecular weight is 436 g/mol. The number of hydrogen-bond acceptors (Lipinski definition) is 2. The van der Waals surface area contributed by atoms with Crippen LogP contribution >= 0.6 is 0 Å². The van der Waals surface area contributed by atoms with Gasteiger partial charge in [0.1, 0.15) is 0 Å². The van der Waals surface area contributed by atoms with Crippen LogP contribution in [0.4, 0.5) is 0 Å². The molecule has 5 nitrogen and oxygen atoms in total. The minimum absolute atomic E-state index is 0. The summed E-state index contributed by atoms with van der Waals surface area (Å²) in [6.07, 6.45) is 7.58. The molecule has 106 valence electrons. The summed E-state index contributed by atoms with van der Waals surface area (Å²) in [4.78, 5) is 18.2. The van der Waals surface area contributed by atoms with E-state index in [-0.39, 0.29) is 27.1 Å². The van der Waals surface area contributed by atoms with Gasteiger partial charge in [-0.3, -0.25) is 0 Å². The number of carbonyl (C=O) groups is 2. The molecule has 1 spiro atoms. The Morgan fingerprint density at radius 3 is 1.83 bits per heavy atom. The summed E-state index contributed by atoms with van der Waals surface area (Å²) < 4.78 is 0. The Morgan fingerprint density at radius 2 is 1.56 bits per heavy atom. The normalized spacial score (nSPS) is 33.4. The molecule has 0 saturated heterocycles. The summed E-state index contributed by atoms with van der Waals surface area (Å²) in [6.45, 7) is 4.20. The number of nitrogens with one attached hydrogen (secondary N) is 1. The first-order valence-corrected chi connectivity index (χ1v) is 5.90. The summed E-state index contributed by atoms with van der Waals surface area (Å²) >= 11 is 0. The Hall–Kier alpha value is -0.412. The van der Waals surface area contributed by atoms with Crippen LogP contribution in [-0.4, -0.2) is 28.2 Å². The molecule has 0 heterocycles. The van der Waals surface area contributed by atoms with Crippen LogP contribution in [0.3, 0.4) is 0 Å². The largest absolute Gasteiger partial charge is 2.00 e. The fourth-order valence-electron chi connectivity index (χ4n) is 3.05. The molecule has 1 unspecified atom stereocenters. The van der Waals surface area contributed by atoms with Crippen molar-refractivity contribution in [3.05, 3.63) is 12.7 Å². The molecule has 3 atom stereocenters. The SMILES string of the molecule is O=C(O)C(=O)O.[CH2-][C@H]1CCCC12CCC[C@@H]2[NH-].[Pt+2]. The molecule has 0 aromatic heterocycles. The van der Waals surface area contributed by atoms with E-state index in [2.05, 4.69) is 6.92 Å². The molecule has 0 aromatic rings. The Morgan fingerprint density at radius 1 is 1.11 bits per heavy atom. The van der Waals surface area contributed by atoms with Crippen molar-refractivity contribution < 1.29 is 40.9 Å². The zero-order valence-corrected chi connectivity index (χ0v) is 12.4. The molecule has 2 saturated carbocycles. The van der Waals surface area contributed by atoms with Crippen LogP contribution < -0.4 is 0 Å². The predicted octanol–water partition coefficient (Wildman–Crippen LogP) is 2.36. The van der Waals surface area contributed by atoms with Gasteiger partial charge >= 0.3 is 33.0 Å². The number of carboxylic acids is 2. The van der Waals surface area contributed by atoms with E-state index < -0.39 is 11.9 Å². The van der Waals surface area contributed by atoms with E-state index in [0.29, 0.717) is 11.3 Å². The quantitative estimate of drug-likeness (QED) is 0.450. The van der Waals surface area contributed by atoms with Gasteiger partial charge in [0.15, 0.2) is 0 Å². The Kier molecular flexibility index (Phi) is 7.08.